The molecule has 0 amide bonds. The maximum atomic E-state index is 2.61. The summed E-state index contributed by atoms with van der Waals surface area (Å²) in [6.45, 7) is 5.68. The topological polar surface area (TPSA) is 7.12 Å². The third kappa shape index (κ3) is 2.93. The van der Waals surface area contributed by atoms with Crippen LogP contribution in [0.15, 0.2) is 48.5 Å². The van der Waals surface area contributed by atoms with Gasteiger partial charge in [-0.05, 0) is 79.6 Å². The second kappa shape index (κ2) is 6.84. The molecule has 0 unspecified atom stereocenters. The molecule has 0 radical (unpaired) electrons. The van der Waals surface area contributed by atoms with Crippen molar-refractivity contribution in [2.24, 2.45) is 0 Å². The van der Waals surface area contributed by atoms with Crippen LogP contribution in [0, 0.1) is 0 Å². The summed E-state index contributed by atoms with van der Waals surface area (Å²) in [5, 5.41) is 1.30. The Morgan fingerprint density at radius 3 is 2.41 bits per heavy atom. The molecule has 0 bridgehead atoms. The largest absolute Gasteiger partial charge is 0.371 e. The second-order valence-electron chi connectivity index (χ2n) is 7.78. The molecule has 3 aromatic rings. The molecular formula is C25H27N2+. The molecule has 5 rings (SSSR count). The van der Waals surface area contributed by atoms with Crippen molar-refractivity contribution in [1.82, 2.24) is 0 Å². The predicted molar refractivity (Wildman–Crippen MR) is 114 cm³/mol. The SMILES string of the molecule is CC[n+]1c(/C=C/c2cc3c4c(c2)CCCN4CCC3)ccc2ccccc21. The monoisotopic (exact) mass is 355 g/mol. The summed E-state index contributed by atoms with van der Waals surface area (Å²) in [5.41, 5.74) is 8.59. The Hall–Kier alpha value is -2.61. The van der Waals surface area contributed by atoms with E-state index in [1.165, 1.54) is 60.9 Å². The third-order valence-electron chi connectivity index (χ3n) is 6.09. The van der Waals surface area contributed by atoms with Crippen LogP contribution >= 0.6 is 0 Å². The molecule has 0 atom stereocenters. The van der Waals surface area contributed by atoms with Gasteiger partial charge in [0.25, 0.3) is 0 Å². The van der Waals surface area contributed by atoms with E-state index in [0.717, 1.165) is 6.54 Å². The highest BCUT2D eigenvalue weighted by Gasteiger charge is 2.23. The summed E-state index contributed by atoms with van der Waals surface area (Å²) in [6.07, 6.45) is 9.63. The number of anilines is 1. The minimum atomic E-state index is 0.978. The van der Waals surface area contributed by atoms with E-state index < -0.39 is 0 Å². The first kappa shape index (κ1) is 16.6. The standard InChI is InChI=1S/C25H27N2/c1-2-27-23(14-12-20-7-3-4-10-24(20)27)13-11-19-17-21-8-5-15-26-16-6-9-22(18-19)25(21)26/h3-4,7,10-14,17-18H,2,5-6,8-9,15-16H2,1H3/q+1. The summed E-state index contributed by atoms with van der Waals surface area (Å²) in [6, 6.07) is 18.0. The van der Waals surface area contributed by atoms with Crippen LogP contribution in [0.25, 0.3) is 23.1 Å². The predicted octanol–water partition coefficient (Wildman–Crippen LogP) is 5.02. The first-order valence-corrected chi connectivity index (χ1v) is 10.3. The van der Waals surface area contributed by atoms with Crippen LogP contribution in [0.2, 0.25) is 0 Å². The molecule has 0 fully saturated rings. The summed E-state index contributed by atoms with van der Waals surface area (Å²) < 4.78 is 2.40. The van der Waals surface area contributed by atoms with E-state index in [9.17, 15) is 0 Å². The van der Waals surface area contributed by atoms with Gasteiger partial charge in [0.05, 0.1) is 0 Å². The Kier molecular flexibility index (Phi) is 4.20. The lowest BCUT2D eigenvalue weighted by Crippen LogP contribution is -2.36. The molecule has 0 saturated heterocycles. The number of benzene rings is 2. The van der Waals surface area contributed by atoms with Crippen molar-refractivity contribution in [1.29, 1.82) is 0 Å². The van der Waals surface area contributed by atoms with E-state index in [1.54, 1.807) is 16.8 Å². The second-order valence-corrected chi connectivity index (χ2v) is 7.78. The van der Waals surface area contributed by atoms with Gasteiger partial charge in [-0.15, -0.1) is 0 Å². The molecule has 27 heavy (non-hydrogen) atoms. The van der Waals surface area contributed by atoms with Crippen molar-refractivity contribution in [2.45, 2.75) is 39.2 Å². The Bertz CT molecular complexity index is 1000. The molecule has 0 saturated carbocycles. The van der Waals surface area contributed by atoms with Crippen molar-refractivity contribution < 1.29 is 4.57 Å². The van der Waals surface area contributed by atoms with Crippen LogP contribution in [0.1, 0.15) is 42.1 Å². The molecule has 136 valence electrons. The van der Waals surface area contributed by atoms with Crippen LogP contribution in [-0.2, 0) is 19.4 Å². The van der Waals surface area contributed by atoms with Crippen molar-refractivity contribution in [3.05, 3.63) is 70.9 Å². The first-order chi connectivity index (χ1) is 13.3. The van der Waals surface area contributed by atoms with Crippen molar-refractivity contribution in [2.75, 3.05) is 18.0 Å². The fraction of sp³-hybridized carbons (Fsp3) is 0.320. The molecule has 0 aliphatic carbocycles. The molecule has 1 aromatic heterocycles. The van der Waals surface area contributed by atoms with Crippen LogP contribution in [0.3, 0.4) is 0 Å². The van der Waals surface area contributed by atoms with Crippen LogP contribution in [0.5, 0.6) is 0 Å². The zero-order chi connectivity index (χ0) is 18.2. The lowest BCUT2D eigenvalue weighted by molar-refractivity contribution is -0.669. The summed E-state index contributed by atoms with van der Waals surface area (Å²) >= 11 is 0. The molecule has 2 aromatic carbocycles. The Balaban J connectivity index is 1.54. The molecule has 2 heteroatoms. The van der Waals surface area contributed by atoms with Gasteiger partial charge in [0, 0.05) is 42.4 Å². The summed E-state index contributed by atoms with van der Waals surface area (Å²) in [7, 11) is 0. The molecule has 3 heterocycles. The zero-order valence-electron chi connectivity index (χ0n) is 16.1. The van der Waals surface area contributed by atoms with Crippen molar-refractivity contribution in [3.63, 3.8) is 0 Å². The normalized spacial score (nSPS) is 16.1. The van der Waals surface area contributed by atoms with Crippen molar-refractivity contribution >= 4 is 28.7 Å². The number of aromatic nitrogens is 1. The van der Waals surface area contributed by atoms with Gasteiger partial charge >= 0.3 is 0 Å². The molecular weight excluding hydrogens is 328 g/mol. The van der Waals surface area contributed by atoms with E-state index in [1.807, 2.05) is 0 Å². The van der Waals surface area contributed by atoms with E-state index in [2.05, 4.69) is 77.1 Å². The number of nitrogens with zero attached hydrogens (tertiary/aromatic N) is 2. The van der Waals surface area contributed by atoms with Gasteiger partial charge in [0.2, 0.25) is 11.2 Å². The number of rotatable bonds is 3. The van der Waals surface area contributed by atoms with Gasteiger partial charge in [-0.1, -0.05) is 12.1 Å². The number of pyridine rings is 1. The van der Waals surface area contributed by atoms with Crippen LogP contribution < -0.4 is 9.47 Å². The Morgan fingerprint density at radius 1 is 0.926 bits per heavy atom. The van der Waals surface area contributed by atoms with Crippen molar-refractivity contribution in [3.8, 4) is 0 Å². The maximum Gasteiger partial charge on any atom is 0.212 e. The highest BCUT2D eigenvalue weighted by Crippen LogP contribution is 2.36. The van der Waals surface area contributed by atoms with Crippen LogP contribution in [-0.4, -0.2) is 13.1 Å². The lowest BCUT2D eigenvalue weighted by Gasteiger charge is -2.37. The fourth-order valence-electron chi connectivity index (χ4n) is 4.89. The molecule has 2 nitrogen and oxygen atoms in total. The van der Waals surface area contributed by atoms with Gasteiger partial charge in [0.15, 0.2) is 0 Å². The van der Waals surface area contributed by atoms with E-state index in [4.69, 9.17) is 0 Å². The van der Waals surface area contributed by atoms with E-state index in [0.29, 0.717) is 0 Å². The smallest absolute Gasteiger partial charge is 0.212 e. The molecule has 2 aliphatic rings. The fourth-order valence-corrected chi connectivity index (χ4v) is 4.89. The molecule has 2 aliphatic heterocycles. The lowest BCUT2D eigenvalue weighted by atomic mass is 9.90. The highest BCUT2D eigenvalue weighted by molar-refractivity contribution is 5.78. The Morgan fingerprint density at radius 2 is 1.67 bits per heavy atom. The average molecular weight is 356 g/mol. The Labute approximate surface area is 161 Å². The number of hydrogen-bond acceptors (Lipinski definition) is 1. The van der Waals surface area contributed by atoms with E-state index in [-0.39, 0.29) is 0 Å². The average Bonchev–Trinajstić information content (AvgIpc) is 2.72. The zero-order valence-corrected chi connectivity index (χ0v) is 16.1. The number of fused-ring (bicyclic) bond motifs is 1. The minimum absolute atomic E-state index is 0.978. The highest BCUT2D eigenvalue weighted by atomic mass is 15.1. The van der Waals surface area contributed by atoms with Crippen LogP contribution in [0.4, 0.5) is 5.69 Å². The van der Waals surface area contributed by atoms with Gasteiger partial charge in [-0.25, -0.2) is 0 Å². The number of para-hydroxylation sites is 1. The summed E-state index contributed by atoms with van der Waals surface area (Å²) in [4.78, 5) is 2.61. The minimum Gasteiger partial charge on any atom is -0.371 e. The third-order valence-corrected chi connectivity index (χ3v) is 6.09. The van der Waals surface area contributed by atoms with Gasteiger partial charge in [-0.2, -0.15) is 4.57 Å². The summed E-state index contributed by atoms with van der Waals surface area (Å²) in [5.74, 6) is 0. The van der Waals surface area contributed by atoms with Gasteiger partial charge < -0.3 is 4.90 Å². The molecule has 0 N–H and O–H groups in total. The molecule has 0 spiro atoms. The van der Waals surface area contributed by atoms with Gasteiger partial charge in [0.1, 0.15) is 6.54 Å². The quantitative estimate of drug-likeness (QED) is 0.599. The number of aryl methyl sites for hydroxylation is 3. The number of hydrogen-bond donors (Lipinski definition) is 0. The van der Waals surface area contributed by atoms with Gasteiger partial charge in [-0.3, -0.25) is 0 Å². The maximum absolute atomic E-state index is 2.61. The van der Waals surface area contributed by atoms with E-state index >= 15 is 0 Å². The first-order valence-electron chi connectivity index (χ1n) is 10.3.